The number of hydrogen-bond acceptors (Lipinski definition) is 7. The number of amides is 1. The number of ether oxygens (including phenoxy) is 2. The molecule has 8 heteroatoms. The Labute approximate surface area is 172 Å². The molecule has 5 rings (SSSR count). The molecular formula is C21H20N4O3S. The highest BCUT2D eigenvalue weighted by atomic mass is 32.1. The van der Waals surface area contributed by atoms with Gasteiger partial charge >= 0.3 is 0 Å². The molecule has 4 heterocycles. The molecule has 0 unspecified atom stereocenters. The van der Waals surface area contributed by atoms with Crippen LogP contribution in [0.25, 0.3) is 10.6 Å². The van der Waals surface area contributed by atoms with E-state index in [1.54, 1.807) is 29.7 Å². The first-order valence-corrected chi connectivity index (χ1v) is 10.4. The van der Waals surface area contributed by atoms with E-state index in [9.17, 15) is 4.79 Å². The van der Waals surface area contributed by atoms with Crippen LogP contribution in [0, 0.1) is 0 Å². The van der Waals surface area contributed by atoms with E-state index >= 15 is 0 Å². The molecule has 0 saturated carbocycles. The third-order valence-corrected chi connectivity index (χ3v) is 6.04. The molecule has 1 amide bonds. The van der Waals surface area contributed by atoms with Gasteiger partial charge < -0.3 is 20.1 Å². The van der Waals surface area contributed by atoms with E-state index < -0.39 is 0 Å². The van der Waals surface area contributed by atoms with E-state index in [2.05, 4.69) is 20.6 Å². The SMILES string of the molecule is O=C(N[C@@H]1CO[C@@H]2[C@@H]1OC[C@@H]2Nc1nccc(-c2cccs2)n1)c1ccccc1. The topological polar surface area (TPSA) is 85.4 Å². The minimum absolute atomic E-state index is 0.0720. The summed E-state index contributed by atoms with van der Waals surface area (Å²) >= 11 is 1.64. The third kappa shape index (κ3) is 3.74. The maximum Gasteiger partial charge on any atom is 0.251 e. The first-order chi connectivity index (χ1) is 14.3. The molecule has 0 spiro atoms. The Balaban J connectivity index is 1.24. The van der Waals surface area contributed by atoms with Crippen LogP contribution < -0.4 is 10.6 Å². The van der Waals surface area contributed by atoms with Crippen molar-refractivity contribution in [3.05, 3.63) is 65.7 Å². The van der Waals surface area contributed by atoms with Crippen LogP contribution in [0.4, 0.5) is 5.95 Å². The van der Waals surface area contributed by atoms with Gasteiger partial charge in [-0.15, -0.1) is 11.3 Å². The molecule has 4 atom stereocenters. The number of benzene rings is 1. The monoisotopic (exact) mass is 408 g/mol. The fourth-order valence-corrected chi connectivity index (χ4v) is 4.44. The van der Waals surface area contributed by atoms with Gasteiger partial charge in [0.05, 0.1) is 35.9 Å². The summed E-state index contributed by atoms with van der Waals surface area (Å²) < 4.78 is 11.9. The first-order valence-electron chi connectivity index (χ1n) is 9.50. The number of carbonyl (C=O) groups is 1. The largest absolute Gasteiger partial charge is 0.371 e. The summed E-state index contributed by atoms with van der Waals surface area (Å²) in [6.45, 7) is 0.891. The van der Waals surface area contributed by atoms with E-state index in [0.717, 1.165) is 10.6 Å². The average Bonchev–Trinajstić information content (AvgIpc) is 3.49. The van der Waals surface area contributed by atoms with Crippen molar-refractivity contribution < 1.29 is 14.3 Å². The number of anilines is 1. The zero-order chi connectivity index (χ0) is 19.6. The summed E-state index contributed by atoms with van der Waals surface area (Å²) in [5.74, 6) is 0.428. The molecule has 3 aromatic rings. The number of carbonyl (C=O) groups excluding carboxylic acids is 1. The second-order valence-corrected chi connectivity index (χ2v) is 7.98. The van der Waals surface area contributed by atoms with Crippen LogP contribution in [0.5, 0.6) is 0 Å². The molecule has 148 valence electrons. The van der Waals surface area contributed by atoms with Crippen molar-refractivity contribution >= 4 is 23.2 Å². The average molecular weight is 408 g/mol. The zero-order valence-electron chi connectivity index (χ0n) is 15.5. The number of nitrogens with zero attached hydrogens (tertiary/aromatic N) is 2. The minimum Gasteiger partial charge on any atom is -0.371 e. The molecule has 7 nitrogen and oxygen atoms in total. The summed E-state index contributed by atoms with van der Waals surface area (Å²) in [4.78, 5) is 22.5. The van der Waals surface area contributed by atoms with Crippen molar-refractivity contribution in [3.63, 3.8) is 0 Å². The summed E-state index contributed by atoms with van der Waals surface area (Å²) in [6, 6.07) is 14.8. The quantitative estimate of drug-likeness (QED) is 0.675. The lowest BCUT2D eigenvalue weighted by atomic mass is 10.1. The molecule has 0 bridgehead atoms. The van der Waals surface area contributed by atoms with Gasteiger partial charge in [-0.2, -0.15) is 0 Å². The number of hydrogen-bond donors (Lipinski definition) is 2. The number of nitrogens with one attached hydrogen (secondary N) is 2. The van der Waals surface area contributed by atoms with Gasteiger partial charge in [0.15, 0.2) is 0 Å². The number of aromatic nitrogens is 2. The normalized spacial score (nSPS) is 25.5. The van der Waals surface area contributed by atoms with E-state index in [0.29, 0.717) is 24.7 Å². The molecule has 1 aromatic carbocycles. The Morgan fingerprint density at radius 1 is 1.00 bits per heavy atom. The van der Waals surface area contributed by atoms with E-state index in [1.165, 1.54) is 0 Å². The smallest absolute Gasteiger partial charge is 0.251 e. The summed E-state index contributed by atoms with van der Waals surface area (Å²) in [6.07, 6.45) is 1.39. The standard InChI is InChI=1S/C21H20N4O3S/c26-20(13-5-2-1-3-6-13)23-15-11-27-19-16(12-28-18(15)19)25-21-22-9-8-14(24-21)17-7-4-10-29-17/h1-10,15-16,18-19H,11-12H2,(H,23,26)(H,22,24,25)/t15-,16+,18-,19+/m1/s1. The number of fused-ring (bicyclic) bond motifs is 1. The van der Waals surface area contributed by atoms with E-state index in [-0.39, 0.29) is 30.2 Å². The van der Waals surface area contributed by atoms with Crippen LogP contribution in [-0.4, -0.2) is 53.4 Å². The van der Waals surface area contributed by atoms with E-state index in [4.69, 9.17) is 9.47 Å². The highest BCUT2D eigenvalue weighted by Gasteiger charge is 2.48. The van der Waals surface area contributed by atoms with Gasteiger partial charge in [-0.3, -0.25) is 4.79 Å². The Morgan fingerprint density at radius 2 is 1.79 bits per heavy atom. The summed E-state index contributed by atoms with van der Waals surface area (Å²) in [5, 5.41) is 8.40. The summed E-state index contributed by atoms with van der Waals surface area (Å²) in [7, 11) is 0. The maximum atomic E-state index is 12.5. The Kier molecular flexibility index (Phi) is 4.97. The molecule has 2 saturated heterocycles. The van der Waals surface area contributed by atoms with Crippen molar-refractivity contribution in [2.24, 2.45) is 0 Å². The molecule has 0 radical (unpaired) electrons. The van der Waals surface area contributed by atoms with Crippen LogP contribution >= 0.6 is 11.3 Å². The van der Waals surface area contributed by atoms with Crippen LogP contribution in [0.2, 0.25) is 0 Å². The predicted molar refractivity (Wildman–Crippen MR) is 110 cm³/mol. The van der Waals surface area contributed by atoms with Gasteiger partial charge in [-0.05, 0) is 29.6 Å². The first kappa shape index (κ1) is 18.2. The molecular weight excluding hydrogens is 388 g/mol. The Hall–Kier alpha value is -2.81. The highest BCUT2D eigenvalue weighted by molar-refractivity contribution is 7.13. The number of rotatable bonds is 5. The second-order valence-electron chi connectivity index (χ2n) is 7.04. The predicted octanol–water partition coefficient (Wildman–Crippen LogP) is 2.58. The third-order valence-electron chi connectivity index (χ3n) is 5.15. The van der Waals surface area contributed by atoms with Crippen LogP contribution in [0.3, 0.4) is 0 Å². The highest BCUT2D eigenvalue weighted by Crippen LogP contribution is 2.29. The van der Waals surface area contributed by atoms with Gasteiger partial charge in [-0.25, -0.2) is 9.97 Å². The van der Waals surface area contributed by atoms with Crippen LogP contribution in [-0.2, 0) is 9.47 Å². The van der Waals surface area contributed by atoms with Gasteiger partial charge in [0.2, 0.25) is 5.95 Å². The van der Waals surface area contributed by atoms with Crippen molar-refractivity contribution in [2.45, 2.75) is 24.3 Å². The fraction of sp³-hybridized carbons (Fsp3) is 0.286. The lowest BCUT2D eigenvalue weighted by Crippen LogP contribution is -2.44. The minimum atomic E-state index is -0.194. The lowest BCUT2D eigenvalue weighted by molar-refractivity contribution is 0.0652. The van der Waals surface area contributed by atoms with Gasteiger partial charge in [0, 0.05) is 11.8 Å². The fourth-order valence-electron chi connectivity index (χ4n) is 3.74. The van der Waals surface area contributed by atoms with Gasteiger partial charge in [0.25, 0.3) is 5.91 Å². The summed E-state index contributed by atoms with van der Waals surface area (Å²) in [5.41, 5.74) is 1.51. The molecule has 2 aliphatic heterocycles. The Bertz CT molecular complexity index is 983. The van der Waals surface area contributed by atoms with Crippen molar-refractivity contribution in [3.8, 4) is 10.6 Å². The van der Waals surface area contributed by atoms with Crippen molar-refractivity contribution in [1.82, 2.24) is 15.3 Å². The lowest BCUT2D eigenvalue weighted by Gasteiger charge is -2.18. The molecule has 2 aliphatic rings. The molecule has 29 heavy (non-hydrogen) atoms. The van der Waals surface area contributed by atoms with Crippen LogP contribution in [0.1, 0.15) is 10.4 Å². The molecule has 2 aromatic heterocycles. The number of thiophene rings is 1. The van der Waals surface area contributed by atoms with Crippen molar-refractivity contribution in [2.75, 3.05) is 18.5 Å². The molecule has 0 aliphatic carbocycles. The molecule has 2 fully saturated rings. The van der Waals surface area contributed by atoms with Crippen LogP contribution in [0.15, 0.2) is 60.1 Å². The zero-order valence-corrected chi connectivity index (χ0v) is 16.3. The van der Waals surface area contributed by atoms with Gasteiger partial charge in [0.1, 0.15) is 12.2 Å². The second kappa shape index (κ2) is 7.90. The Morgan fingerprint density at radius 3 is 2.59 bits per heavy atom. The van der Waals surface area contributed by atoms with E-state index in [1.807, 2.05) is 41.8 Å². The van der Waals surface area contributed by atoms with Crippen molar-refractivity contribution in [1.29, 1.82) is 0 Å². The molecule has 2 N–H and O–H groups in total. The maximum absolute atomic E-state index is 12.5. The van der Waals surface area contributed by atoms with Gasteiger partial charge in [-0.1, -0.05) is 24.3 Å².